The molecule has 1 aromatic heterocycles. The molecule has 5 heteroatoms. The van der Waals surface area contributed by atoms with E-state index < -0.39 is 0 Å². The van der Waals surface area contributed by atoms with Gasteiger partial charge >= 0.3 is 0 Å². The molecule has 0 spiro atoms. The van der Waals surface area contributed by atoms with E-state index in [-0.39, 0.29) is 0 Å². The smallest absolute Gasteiger partial charge is 0.187 e. The van der Waals surface area contributed by atoms with Crippen LogP contribution in [0.4, 0.5) is 0 Å². The van der Waals surface area contributed by atoms with Gasteiger partial charge in [0.05, 0.1) is 7.11 Å². The van der Waals surface area contributed by atoms with Crippen LogP contribution in [0.3, 0.4) is 0 Å². The van der Waals surface area contributed by atoms with Crippen molar-refractivity contribution in [2.75, 3.05) is 7.11 Å². The lowest BCUT2D eigenvalue weighted by atomic mass is 10.1. The lowest BCUT2D eigenvalue weighted by molar-refractivity contribution is 0.112. The molecule has 1 aromatic carbocycles. The first-order chi connectivity index (χ1) is 9.22. The number of nitrogens with zero attached hydrogens (tertiary/aromatic N) is 2. The van der Waals surface area contributed by atoms with Crippen LogP contribution in [0.5, 0.6) is 5.75 Å². The Kier molecular flexibility index (Phi) is 4.52. The van der Waals surface area contributed by atoms with Crippen molar-refractivity contribution >= 4 is 18.0 Å². The number of hydrogen-bond acceptors (Lipinski definition) is 5. The van der Waals surface area contributed by atoms with E-state index in [0.29, 0.717) is 16.5 Å². The first kappa shape index (κ1) is 13.5. The Hall–Kier alpha value is -1.88. The fraction of sp³-hybridized carbons (Fsp3) is 0.214. The van der Waals surface area contributed by atoms with Crippen molar-refractivity contribution < 1.29 is 9.53 Å². The molecular formula is C14H14N2O2S. The van der Waals surface area contributed by atoms with E-state index in [1.54, 1.807) is 31.6 Å². The van der Waals surface area contributed by atoms with Gasteiger partial charge in [0.25, 0.3) is 0 Å². The molecule has 0 aliphatic rings. The topological polar surface area (TPSA) is 52.1 Å². The molecule has 0 fully saturated rings. The van der Waals surface area contributed by atoms with Crippen LogP contribution in [0.2, 0.25) is 0 Å². The second-order valence-electron chi connectivity index (χ2n) is 4.02. The van der Waals surface area contributed by atoms with E-state index in [9.17, 15) is 4.79 Å². The largest absolute Gasteiger partial charge is 0.496 e. The molecule has 0 bridgehead atoms. The Morgan fingerprint density at radius 1 is 1.32 bits per heavy atom. The molecule has 19 heavy (non-hydrogen) atoms. The maximum Gasteiger partial charge on any atom is 0.187 e. The van der Waals surface area contributed by atoms with Gasteiger partial charge in [0, 0.05) is 29.3 Å². The Morgan fingerprint density at radius 2 is 2.05 bits per heavy atom. The van der Waals surface area contributed by atoms with Gasteiger partial charge in [-0.2, -0.15) is 0 Å². The monoisotopic (exact) mass is 274 g/mol. The van der Waals surface area contributed by atoms with Gasteiger partial charge in [0.15, 0.2) is 5.16 Å². The molecule has 98 valence electrons. The summed E-state index contributed by atoms with van der Waals surface area (Å²) in [5, 5.41) is 0.712. The summed E-state index contributed by atoms with van der Waals surface area (Å²) in [6, 6.07) is 5.37. The minimum absolute atomic E-state index is 0.640. The molecule has 0 saturated heterocycles. The van der Waals surface area contributed by atoms with E-state index in [1.165, 1.54) is 11.8 Å². The summed E-state index contributed by atoms with van der Waals surface area (Å²) in [5.74, 6) is 1.43. The summed E-state index contributed by atoms with van der Waals surface area (Å²) in [6.45, 7) is 1.95. The summed E-state index contributed by atoms with van der Waals surface area (Å²) in [7, 11) is 1.62. The molecule has 2 aromatic rings. The number of carbonyl (C=O) groups excluding carboxylic acids is 1. The number of methoxy groups -OCH3 is 1. The van der Waals surface area contributed by atoms with E-state index in [0.717, 1.165) is 23.2 Å². The molecule has 0 atom stereocenters. The van der Waals surface area contributed by atoms with Gasteiger partial charge < -0.3 is 4.74 Å². The lowest BCUT2D eigenvalue weighted by Crippen LogP contribution is -1.94. The standard InChI is InChI=1S/C14H14N2O2S/c1-10-6-15-14(16-7-10)19-9-12-5-11(8-17)3-4-13(12)18-2/h3-8H,9H2,1-2H3. The number of aromatic nitrogens is 2. The third-order valence-corrected chi connectivity index (χ3v) is 3.48. The number of benzene rings is 1. The second kappa shape index (κ2) is 6.33. The average molecular weight is 274 g/mol. The molecule has 0 aliphatic carbocycles. The first-order valence-corrected chi connectivity index (χ1v) is 6.75. The van der Waals surface area contributed by atoms with Crippen molar-refractivity contribution in [1.82, 2.24) is 9.97 Å². The van der Waals surface area contributed by atoms with Crippen LogP contribution < -0.4 is 4.74 Å². The molecule has 1 heterocycles. The highest BCUT2D eigenvalue weighted by Crippen LogP contribution is 2.26. The highest BCUT2D eigenvalue weighted by atomic mass is 32.2. The second-order valence-corrected chi connectivity index (χ2v) is 4.96. The van der Waals surface area contributed by atoms with Gasteiger partial charge in [-0.25, -0.2) is 9.97 Å². The van der Waals surface area contributed by atoms with Crippen LogP contribution >= 0.6 is 11.8 Å². The fourth-order valence-corrected chi connectivity index (χ4v) is 2.35. The van der Waals surface area contributed by atoms with Crippen molar-refractivity contribution in [3.63, 3.8) is 0 Å². The van der Waals surface area contributed by atoms with Gasteiger partial charge in [0.1, 0.15) is 12.0 Å². The summed E-state index contributed by atoms with van der Waals surface area (Å²) in [6.07, 6.45) is 4.40. The predicted molar refractivity (Wildman–Crippen MR) is 74.7 cm³/mol. The molecule has 0 radical (unpaired) electrons. The maximum absolute atomic E-state index is 10.8. The summed E-state index contributed by atoms with van der Waals surface area (Å²) >= 11 is 1.51. The minimum atomic E-state index is 0.640. The van der Waals surface area contributed by atoms with Crippen LogP contribution in [-0.4, -0.2) is 23.4 Å². The van der Waals surface area contributed by atoms with E-state index >= 15 is 0 Å². The Labute approximate surface area is 116 Å². The predicted octanol–water partition coefficient (Wildman–Crippen LogP) is 2.90. The molecular weight excluding hydrogens is 260 g/mol. The number of rotatable bonds is 5. The third-order valence-electron chi connectivity index (χ3n) is 2.55. The zero-order chi connectivity index (χ0) is 13.7. The minimum Gasteiger partial charge on any atom is -0.496 e. The van der Waals surface area contributed by atoms with Gasteiger partial charge in [-0.15, -0.1) is 0 Å². The maximum atomic E-state index is 10.8. The molecule has 0 amide bonds. The van der Waals surface area contributed by atoms with Crippen molar-refractivity contribution in [2.45, 2.75) is 17.8 Å². The fourth-order valence-electron chi connectivity index (χ4n) is 1.58. The highest BCUT2D eigenvalue weighted by molar-refractivity contribution is 7.98. The average Bonchev–Trinajstić information content (AvgIpc) is 2.46. The van der Waals surface area contributed by atoms with Gasteiger partial charge in [-0.3, -0.25) is 4.79 Å². The number of hydrogen-bond donors (Lipinski definition) is 0. The van der Waals surface area contributed by atoms with Crippen molar-refractivity contribution in [3.8, 4) is 5.75 Å². The lowest BCUT2D eigenvalue weighted by Gasteiger charge is -2.08. The number of carbonyl (C=O) groups is 1. The van der Waals surface area contributed by atoms with E-state index in [2.05, 4.69) is 9.97 Å². The Bertz CT molecular complexity index is 570. The first-order valence-electron chi connectivity index (χ1n) is 5.76. The number of aryl methyl sites for hydroxylation is 1. The number of ether oxygens (including phenoxy) is 1. The van der Waals surface area contributed by atoms with Crippen molar-refractivity contribution in [1.29, 1.82) is 0 Å². The van der Waals surface area contributed by atoms with Crippen molar-refractivity contribution in [2.24, 2.45) is 0 Å². The molecule has 0 unspecified atom stereocenters. The van der Waals surface area contributed by atoms with Gasteiger partial charge in [0.2, 0.25) is 0 Å². The highest BCUT2D eigenvalue weighted by Gasteiger charge is 2.06. The number of thioether (sulfide) groups is 1. The molecule has 0 N–H and O–H groups in total. The normalized spacial score (nSPS) is 10.2. The summed E-state index contributed by atoms with van der Waals surface area (Å²) in [5.41, 5.74) is 2.63. The third kappa shape index (κ3) is 3.54. The SMILES string of the molecule is COc1ccc(C=O)cc1CSc1ncc(C)cn1. The summed E-state index contributed by atoms with van der Waals surface area (Å²) in [4.78, 5) is 19.3. The van der Waals surface area contributed by atoms with Gasteiger partial charge in [-0.05, 0) is 30.7 Å². The van der Waals surface area contributed by atoms with Crippen LogP contribution in [0.1, 0.15) is 21.5 Å². The number of aldehydes is 1. The van der Waals surface area contributed by atoms with E-state index in [4.69, 9.17) is 4.74 Å². The molecule has 2 rings (SSSR count). The van der Waals surface area contributed by atoms with Crippen molar-refractivity contribution in [3.05, 3.63) is 47.3 Å². The van der Waals surface area contributed by atoms with Gasteiger partial charge in [-0.1, -0.05) is 11.8 Å². The summed E-state index contributed by atoms with van der Waals surface area (Å²) < 4.78 is 5.28. The molecule has 4 nitrogen and oxygen atoms in total. The van der Waals surface area contributed by atoms with Crippen LogP contribution in [0.15, 0.2) is 35.7 Å². The quantitative estimate of drug-likeness (QED) is 0.476. The van der Waals surface area contributed by atoms with E-state index in [1.807, 2.05) is 13.0 Å². The Balaban J connectivity index is 2.13. The Morgan fingerprint density at radius 3 is 2.68 bits per heavy atom. The zero-order valence-electron chi connectivity index (χ0n) is 10.8. The zero-order valence-corrected chi connectivity index (χ0v) is 11.6. The van der Waals surface area contributed by atoms with Crippen LogP contribution in [0.25, 0.3) is 0 Å². The van der Waals surface area contributed by atoms with Crippen LogP contribution in [0, 0.1) is 6.92 Å². The molecule has 0 aliphatic heterocycles. The van der Waals surface area contributed by atoms with Crippen LogP contribution in [-0.2, 0) is 5.75 Å². The molecule has 0 saturated carbocycles.